The maximum Gasteiger partial charge on any atom is 0.390 e. The summed E-state index contributed by atoms with van der Waals surface area (Å²) >= 11 is 0. The van der Waals surface area contributed by atoms with Crippen molar-refractivity contribution in [3.63, 3.8) is 0 Å². The number of hydrogen-bond acceptors (Lipinski definition) is 4. The number of nitrogens with two attached hydrogens (primary N) is 1. The first-order chi connectivity index (χ1) is 19.5. The number of rotatable bonds is 5. The number of allylic oxidation sites excluding steroid dienone is 3. The Morgan fingerprint density at radius 1 is 1.02 bits per heavy atom. The number of quaternary nitrogens is 1. The highest BCUT2D eigenvalue weighted by molar-refractivity contribution is 6.18. The standard InChI is InChI=1S/C32H38F4N5/c1-41(2)30-27(29(38-31(41)37)22-6-10-24(33)11-7-22)20-23-4-3-5-26(28(23)30)21-8-12-25(13-9-21)40-18-16-39(17-19-40)15-14-32(34,35)36/h3-6,8-9,12-13,24,31H,7,10-11,14-20,37H2,1-2H3/q+1. The third kappa shape index (κ3) is 5.47. The molecule has 41 heavy (non-hydrogen) atoms. The number of hydrogen-bond donors (Lipinski definition) is 1. The Balaban J connectivity index is 1.26. The van der Waals surface area contributed by atoms with Gasteiger partial charge in [-0.3, -0.25) is 15.1 Å². The van der Waals surface area contributed by atoms with Crippen LogP contribution in [0, 0.1) is 0 Å². The van der Waals surface area contributed by atoms with Gasteiger partial charge in [-0.1, -0.05) is 36.4 Å². The van der Waals surface area contributed by atoms with Crippen LogP contribution < -0.4 is 10.6 Å². The molecule has 9 heteroatoms. The van der Waals surface area contributed by atoms with Gasteiger partial charge >= 0.3 is 6.18 Å². The van der Waals surface area contributed by atoms with E-state index in [2.05, 4.69) is 61.5 Å². The van der Waals surface area contributed by atoms with Crippen molar-refractivity contribution in [2.45, 2.75) is 50.7 Å². The highest BCUT2D eigenvalue weighted by Gasteiger charge is 2.45. The van der Waals surface area contributed by atoms with Crippen LogP contribution in [0.1, 0.15) is 36.8 Å². The molecule has 2 heterocycles. The highest BCUT2D eigenvalue weighted by atomic mass is 19.4. The third-order valence-electron chi connectivity index (χ3n) is 9.10. The van der Waals surface area contributed by atoms with Gasteiger partial charge in [0.1, 0.15) is 11.9 Å². The largest absolute Gasteiger partial charge is 0.390 e. The molecule has 1 saturated heterocycles. The molecular formula is C32H38F4N5+. The monoisotopic (exact) mass is 568 g/mol. The van der Waals surface area contributed by atoms with E-state index >= 15 is 0 Å². The summed E-state index contributed by atoms with van der Waals surface area (Å²) in [4.78, 5) is 9.09. The molecule has 4 aliphatic rings. The molecule has 6 rings (SSSR count). The average molecular weight is 569 g/mol. The molecule has 0 bridgehead atoms. The molecule has 2 aliphatic heterocycles. The summed E-state index contributed by atoms with van der Waals surface area (Å²) in [5.74, 6) is 0. The van der Waals surface area contributed by atoms with Crippen molar-refractivity contribution < 1.29 is 22.0 Å². The average Bonchev–Trinajstić information content (AvgIpc) is 3.36. The Hall–Kier alpha value is -3.01. The molecule has 2 unspecified atom stereocenters. The Bertz CT molecular complexity index is 1400. The van der Waals surface area contributed by atoms with Crippen LogP contribution in [0.25, 0.3) is 16.8 Å². The lowest BCUT2D eigenvalue weighted by Crippen LogP contribution is -2.54. The van der Waals surface area contributed by atoms with Gasteiger partial charge in [0.25, 0.3) is 0 Å². The van der Waals surface area contributed by atoms with E-state index in [4.69, 9.17) is 10.7 Å². The highest BCUT2D eigenvalue weighted by Crippen LogP contribution is 2.47. The van der Waals surface area contributed by atoms with Crippen LogP contribution in [0.3, 0.4) is 0 Å². The zero-order chi connectivity index (χ0) is 28.9. The number of benzene rings is 2. The van der Waals surface area contributed by atoms with Crippen LogP contribution in [0.2, 0.25) is 0 Å². The number of halogens is 4. The van der Waals surface area contributed by atoms with Crippen molar-refractivity contribution in [1.29, 1.82) is 0 Å². The summed E-state index contributed by atoms with van der Waals surface area (Å²) in [5, 5.41) is 0. The number of nitrogens with zero attached hydrogens (tertiary/aromatic N) is 4. The normalized spacial score (nSPS) is 24.6. The third-order valence-corrected chi connectivity index (χ3v) is 9.10. The minimum absolute atomic E-state index is 0.0613. The maximum absolute atomic E-state index is 13.9. The summed E-state index contributed by atoms with van der Waals surface area (Å²) in [5.41, 5.74) is 16.9. The second-order valence-corrected chi connectivity index (χ2v) is 12.1. The molecular weight excluding hydrogens is 530 g/mol. The summed E-state index contributed by atoms with van der Waals surface area (Å²) in [6.45, 7) is 2.73. The fourth-order valence-electron chi connectivity index (χ4n) is 6.67. The molecule has 0 radical (unpaired) electrons. The van der Waals surface area contributed by atoms with E-state index in [1.165, 1.54) is 22.4 Å². The number of anilines is 1. The minimum atomic E-state index is -4.11. The fraction of sp³-hybridized carbons (Fsp3) is 0.469. The lowest BCUT2D eigenvalue weighted by atomic mass is 9.89. The number of fused-ring (bicyclic) bond motifs is 2. The maximum atomic E-state index is 13.9. The van der Waals surface area contributed by atoms with Gasteiger partial charge in [-0.05, 0) is 53.7 Å². The smallest absolute Gasteiger partial charge is 0.369 e. The zero-order valence-electron chi connectivity index (χ0n) is 23.7. The van der Waals surface area contributed by atoms with Crippen molar-refractivity contribution in [3.8, 4) is 11.1 Å². The van der Waals surface area contributed by atoms with Crippen LogP contribution in [0.4, 0.5) is 23.2 Å². The summed E-state index contributed by atoms with van der Waals surface area (Å²) in [6, 6.07) is 15.0. The van der Waals surface area contributed by atoms with Crippen LogP contribution in [-0.4, -0.2) is 80.6 Å². The summed E-state index contributed by atoms with van der Waals surface area (Å²) in [7, 11) is 4.22. The zero-order valence-corrected chi connectivity index (χ0v) is 23.7. The van der Waals surface area contributed by atoms with Gasteiger partial charge in [-0.2, -0.15) is 13.2 Å². The van der Waals surface area contributed by atoms with E-state index in [-0.39, 0.29) is 6.54 Å². The van der Waals surface area contributed by atoms with E-state index in [9.17, 15) is 17.6 Å². The molecule has 0 saturated carbocycles. The second kappa shape index (κ2) is 10.7. The quantitative estimate of drug-likeness (QED) is 0.360. The Morgan fingerprint density at radius 2 is 1.76 bits per heavy atom. The van der Waals surface area contributed by atoms with Crippen molar-refractivity contribution in [2.75, 3.05) is 51.7 Å². The van der Waals surface area contributed by atoms with Gasteiger partial charge < -0.3 is 4.90 Å². The van der Waals surface area contributed by atoms with Crippen LogP contribution in [-0.2, 0) is 6.42 Å². The predicted octanol–water partition coefficient (Wildman–Crippen LogP) is 5.92. The van der Waals surface area contributed by atoms with Crippen molar-refractivity contribution in [1.82, 2.24) is 4.90 Å². The molecule has 0 spiro atoms. The van der Waals surface area contributed by atoms with Gasteiger partial charge in [0.15, 0.2) is 0 Å². The molecule has 0 aromatic heterocycles. The molecule has 1 fully saturated rings. The van der Waals surface area contributed by atoms with Gasteiger partial charge in [0.05, 0.1) is 26.2 Å². The minimum Gasteiger partial charge on any atom is -0.369 e. The Morgan fingerprint density at radius 3 is 2.41 bits per heavy atom. The summed E-state index contributed by atoms with van der Waals surface area (Å²) < 4.78 is 52.2. The van der Waals surface area contributed by atoms with Gasteiger partial charge in [0.2, 0.25) is 6.29 Å². The van der Waals surface area contributed by atoms with Gasteiger partial charge in [-0.25, -0.2) is 9.38 Å². The SMILES string of the molecule is C[N+]1(C)C2=C(Cc3cccc(-c4ccc(N5CCN(CCC(F)(F)F)CC5)cc4)c32)C(C2=CCC(F)CC2)=NC1N. The lowest BCUT2D eigenvalue weighted by Gasteiger charge is -2.39. The molecule has 218 valence electrons. The molecule has 2 aromatic carbocycles. The van der Waals surface area contributed by atoms with E-state index in [0.717, 1.165) is 34.5 Å². The Labute approximate surface area is 239 Å². The molecule has 0 amide bonds. The van der Waals surface area contributed by atoms with E-state index < -0.39 is 25.1 Å². The van der Waals surface area contributed by atoms with Gasteiger partial charge in [0, 0.05) is 56.0 Å². The molecule has 2 N–H and O–H groups in total. The van der Waals surface area contributed by atoms with Crippen LogP contribution in [0.5, 0.6) is 0 Å². The van der Waals surface area contributed by atoms with Crippen molar-refractivity contribution in [3.05, 3.63) is 70.8 Å². The molecule has 2 aliphatic carbocycles. The fourth-order valence-corrected chi connectivity index (χ4v) is 6.67. The summed E-state index contributed by atoms with van der Waals surface area (Å²) in [6.07, 6.45) is -1.70. The first-order valence-corrected chi connectivity index (χ1v) is 14.5. The number of piperazine rings is 1. The van der Waals surface area contributed by atoms with Crippen LogP contribution in [0.15, 0.2) is 64.7 Å². The van der Waals surface area contributed by atoms with E-state index in [1.54, 1.807) is 0 Å². The first-order valence-electron chi connectivity index (χ1n) is 14.5. The topological polar surface area (TPSA) is 44.9 Å². The van der Waals surface area contributed by atoms with Crippen LogP contribution >= 0.6 is 0 Å². The van der Waals surface area contributed by atoms with E-state index in [1.807, 2.05) is 11.0 Å². The van der Waals surface area contributed by atoms with E-state index in [0.29, 0.717) is 49.9 Å². The second-order valence-electron chi connectivity index (χ2n) is 12.1. The Kier molecular flexibility index (Phi) is 7.32. The first kappa shape index (κ1) is 28.1. The molecule has 2 atom stereocenters. The van der Waals surface area contributed by atoms with Crippen molar-refractivity contribution in [2.24, 2.45) is 10.7 Å². The van der Waals surface area contributed by atoms with Gasteiger partial charge in [-0.15, -0.1) is 0 Å². The molecule has 2 aromatic rings. The number of alkyl halides is 4. The molecule has 5 nitrogen and oxygen atoms in total. The predicted molar refractivity (Wildman–Crippen MR) is 156 cm³/mol. The lowest BCUT2D eigenvalue weighted by molar-refractivity contribution is -0.845. The van der Waals surface area contributed by atoms with Crippen molar-refractivity contribution >= 4 is 17.1 Å². The number of aliphatic imine (C=N–C) groups is 1.